The summed E-state index contributed by atoms with van der Waals surface area (Å²) >= 11 is 0. The van der Waals surface area contributed by atoms with Gasteiger partial charge in [-0.15, -0.1) is 0 Å². The number of hydrogen-bond donors (Lipinski definition) is 0. The maximum Gasteiger partial charge on any atom is 0.340 e. The molecule has 0 aliphatic carbocycles. The van der Waals surface area contributed by atoms with Crippen LogP contribution in [0.2, 0.25) is 0 Å². The van der Waals surface area contributed by atoms with Gasteiger partial charge in [0.1, 0.15) is 5.69 Å². The predicted octanol–water partition coefficient (Wildman–Crippen LogP) is 1.81. The first kappa shape index (κ1) is 23.4. The van der Waals surface area contributed by atoms with Crippen molar-refractivity contribution in [3.05, 3.63) is 37.9 Å². The molecule has 0 bridgehead atoms. The maximum absolute atomic E-state index is 12.7. The van der Waals surface area contributed by atoms with Crippen molar-refractivity contribution in [2.75, 3.05) is 57.8 Å². The molecule has 12 nitrogen and oxygen atoms in total. The van der Waals surface area contributed by atoms with E-state index in [1.165, 1.54) is 0 Å². The van der Waals surface area contributed by atoms with Crippen molar-refractivity contribution in [3.8, 4) is 0 Å². The zero-order valence-electron chi connectivity index (χ0n) is 18.0. The summed E-state index contributed by atoms with van der Waals surface area (Å²) in [6.07, 6.45) is 4.30. The zero-order chi connectivity index (χ0) is 23.3. The molecule has 0 atom stereocenters. The number of rotatable bonds is 6. The molecule has 0 spiro atoms. The number of nitro groups is 2. The summed E-state index contributed by atoms with van der Waals surface area (Å²) in [7, 11) is 1.11. The predicted molar refractivity (Wildman–Crippen MR) is 115 cm³/mol. The molecule has 12 heteroatoms. The fraction of sp³-hybridized carbons (Fsp3) is 0.600. The average molecular weight is 449 g/mol. The molecule has 0 radical (unpaired) electrons. The molecule has 2 heterocycles. The first-order valence-electron chi connectivity index (χ1n) is 10.6. The van der Waals surface area contributed by atoms with E-state index in [1.807, 2.05) is 9.80 Å². The highest BCUT2D eigenvalue weighted by Gasteiger charge is 2.33. The topological polar surface area (TPSA) is 139 Å². The van der Waals surface area contributed by atoms with Crippen molar-refractivity contribution in [3.63, 3.8) is 0 Å². The Morgan fingerprint density at radius 1 is 0.938 bits per heavy atom. The Hall–Kier alpha value is -3.28. The van der Waals surface area contributed by atoms with Gasteiger partial charge in [-0.1, -0.05) is 12.8 Å². The number of piperazine rings is 1. The molecular formula is C20H27N5O7. The second-order valence-corrected chi connectivity index (χ2v) is 7.93. The lowest BCUT2D eigenvalue weighted by Gasteiger charge is -2.36. The van der Waals surface area contributed by atoms with E-state index in [1.54, 1.807) is 4.90 Å². The van der Waals surface area contributed by atoms with E-state index in [-0.39, 0.29) is 23.7 Å². The molecule has 0 N–H and O–H groups in total. The van der Waals surface area contributed by atoms with Gasteiger partial charge >= 0.3 is 5.97 Å². The van der Waals surface area contributed by atoms with Crippen LogP contribution in [0.1, 0.15) is 36.0 Å². The van der Waals surface area contributed by atoms with Crippen LogP contribution in [0.4, 0.5) is 17.1 Å². The molecular weight excluding hydrogens is 422 g/mol. The fourth-order valence-corrected chi connectivity index (χ4v) is 4.19. The van der Waals surface area contributed by atoms with Crippen LogP contribution in [0.15, 0.2) is 12.1 Å². The second kappa shape index (κ2) is 10.4. The Labute approximate surface area is 185 Å². The Bertz CT molecular complexity index is 891. The van der Waals surface area contributed by atoms with E-state index in [0.29, 0.717) is 26.2 Å². The van der Waals surface area contributed by atoms with E-state index < -0.39 is 27.2 Å². The highest BCUT2D eigenvalue weighted by molar-refractivity contribution is 5.99. The first-order chi connectivity index (χ1) is 15.3. The lowest BCUT2D eigenvalue weighted by atomic mass is 10.1. The van der Waals surface area contributed by atoms with Gasteiger partial charge in [-0.05, 0) is 12.8 Å². The van der Waals surface area contributed by atoms with Gasteiger partial charge in [0.05, 0.1) is 35.1 Å². The van der Waals surface area contributed by atoms with E-state index in [9.17, 15) is 29.8 Å². The number of non-ortho nitro benzene ring substituents is 1. The number of amides is 1. The standard InChI is InChI=1S/C20H27N5O7/c1-32-20(27)16-12-15(24(28)29)13-17(25(30)31)19(16)23-10-8-21(9-11-23)14-18(26)22-6-4-2-3-5-7-22/h12-13H,2-11,14H2,1H3. The maximum atomic E-state index is 12.7. The van der Waals surface area contributed by atoms with E-state index in [2.05, 4.69) is 0 Å². The molecule has 1 amide bonds. The van der Waals surface area contributed by atoms with Crippen LogP contribution in [-0.4, -0.2) is 84.4 Å². The van der Waals surface area contributed by atoms with Crippen LogP contribution in [0, 0.1) is 20.2 Å². The molecule has 2 aliphatic heterocycles. The highest BCUT2D eigenvalue weighted by Crippen LogP contribution is 2.37. The number of ether oxygens (including phenoxy) is 1. The third kappa shape index (κ3) is 5.31. The molecule has 1 aromatic rings. The smallest absolute Gasteiger partial charge is 0.340 e. The average Bonchev–Trinajstić information content (AvgIpc) is 3.08. The number of benzene rings is 1. The van der Waals surface area contributed by atoms with Gasteiger partial charge in [0.25, 0.3) is 11.4 Å². The molecule has 174 valence electrons. The molecule has 1 aromatic carbocycles. The van der Waals surface area contributed by atoms with E-state index >= 15 is 0 Å². The number of methoxy groups -OCH3 is 1. The summed E-state index contributed by atoms with van der Waals surface area (Å²) in [5.74, 6) is -0.803. The summed E-state index contributed by atoms with van der Waals surface area (Å²) < 4.78 is 4.72. The number of carbonyl (C=O) groups is 2. The van der Waals surface area contributed by atoms with Crippen molar-refractivity contribution >= 4 is 28.9 Å². The number of nitrogens with zero attached hydrogens (tertiary/aromatic N) is 5. The SMILES string of the molecule is COC(=O)c1cc([N+](=O)[O-])cc([N+](=O)[O-])c1N1CCN(CC(=O)N2CCCCCC2)CC1. The molecule has 2 saturated heterocycles. The fourth-order valence-electron chi connectivity index (χ4n) is 4.19. The summed E-state index contributed by atoms with van der Waals surface area (Å²) in [6, 6.07) is 1.86. The minimum Gasteiger partial charge on any atom is -0.465 e. The molecule has 32 heavy (non-hydrogen) atoms. The van der Waals surface area contributed by atoms with Crippen molar-refractivity contribution < 1.29 is 24.2 Å². The van der Waals surface area contributed by atoms with Gasteiger partial charge in [-0.2, -0.15) is 0 Å². The first-order valence-corrected chi connectivity index (χ1v) is 10.6. The van der Waals surface area contributed by atoms with Crippen LogP contribution < -0.4 is 4.90 Å². The van der Waals surface area contributed by atoms with Crippen LogP contribution in [0.25, 0.3) is 0 Å². The Morgan fingerprint density at radius 2 is 1.56 bits per heavy atom. The lowest BCUT2D eigenvalue weighted by molar-refractivity contribution is -0.393. The molecule has 2 aliphatic rings. The molecule has 2 fully saturated rings. The minimum atomic E-state index is -0.884. The zero-order valence-corrected chi connectivity index (χ0v) is 18.0. The number of nitro benzene ring substituents is 2. The molecule has 3 rings (SSSR count). The Balaban J connectivity index is 1.76. The lowest BCUT2D eigenvalue weighted by Crippen LogP contribution is -2.50. The summed E-state index contributed by atoms with van der Waals surface area (Å²) in [6.45, 7) is 3.42. The van der Waals surface area contributed by atoms with Gasteiger partial charge in [0.15, 0.2) is 0 Å². The quantitative estimate of drug-likeness (QED) is 0.361. The van der Waals surface area contributed by atoms with Gasteiger partial charge < -0.3 is 14.5 Å². The van der Waals surface area contributed by atoms with Crippen LogP contribution in [0.3, 0.4) is 0 Å². The number of likely N-dealkylation sites (tertiary alicyclic amines) is 1. The summed E-state index contributed by atoms with van der Waals surface area (Å²) in [4.78, 5) is 51.8. The van der Waals surface area contributed by atoms with Gasteiger partial charge in [0.2, 0.25) is 5.91 Å². The molecule has 0 unspecified atom stereocenters. The van der Waals surface area contributed by atoms with Crippen LogP contribution in [0.5, 0.6) is 0 Å². The van der Waals surface area contributed by atoms with E-state index in [0.717, 1.165) is 58.0 Å². The third-order valence-corrected chi connectivity index (χ3v) is 5.89. The van der Waals surface area contributed by atoms with Gasteiger partial charge in [-0.25, -0.2) is 4.79 Å². The van der Waals surface area contributed by atoms with Crippen LogP contribution in [-0.2, 0) is 9.53 Å². The highest BCUT2D eigenvalue weighted by atomic mass is 16.6. The molecule has 0 saturated carbocycles. The Morgan fingerprint density at radius 3 is 2.09 bits per heavy atom. The van der Waals surface area contributed by atoms with Crippen LogP contribution >= 0.6 is 0 Å². The van der Waals surface area contributed by atoms with Crippen molar-refractivity contribution in [1.29, 1.82) is 0 Å². The number of anilines is 1. The van der Waals surface area contributed by atoms with Gasteiger partial charge in [-0.3, -0.25) is 29.9 Å². The van der Waals surface area contributed by atoms with Crippen molar-refractivity contribution in [2.45, 2.75) is 25.7 Å². The minimum absolute atomic E-state index is 0.00550. The summed E-state index contributed by atoms with van der Waals surface area (Å²) in [5.41, 5.74) is -1.29. The van der Waals surface area contributed by atoms with Gasteiger partial charge in [0, 0.05) is 45.3 Å². The Kier molecular flexibility index (Phi) is 7.57. The van der Waals surface area contributed by atoms with E-state index in [4.69, 9.17) is 4.74 Å². The van der Waals surface area contributed by atoms with Crippen molar-refractivity contribution in [1.82, 2.24) is 9.80 Å². The largest absolute Gasteiger partial charge is 0.465 e. The third-order valence-electron chi connectivity index (χ3n) is 5.89. The van der Waals surface area contributed by atoms with Crippen molar-refractivity contribution in [2.24, 2.45) is 0 Å². The normalized spacial score (nSPS) is 17.5. The number of carbonyl (C=O) groups excluding carboxylic acids is 2. The monoisotopic (exact) mass is 449 g/mol. The number of hydrogen-bond acceptors (Lipinski definition) is 9. The number of esters is 1. The second-order valence-electron chi connectivity index (χ2n) is 7.93. The molecule has 0 aromatic heterocycles. The summed E-state index contributed by atoms with van der Waals surface area (Å²) in [5, 5.41) is 22.9.